The van der Waals surface area contributed by atoms with Crippen LogP contribution in [-0.2, 0) is 16.4 Å². The van der Waals surface area contributed by atoms with Crippen LogP contribution in [0.5, 0.6) is 0 Å². The quantitative estimate of drug-likeness (QED) is 0.611. The Balaban J connectivity index is 2.47. The van der Waals surface area contributed by atoms with Gasteiger partial charge in [-0.15, -0.1) is 0 Å². The molecule has 10 heteroatoms. The number of nitrogens with two attached hydrogens (primary N) is 1. The second kappa shape index (κ2) is 5.25. The van der Waals surface area contributed by atoms with Crippen LogP contribution in [0.1, 0.15) is 10.5 Å². The molecule has 3 rings (SSSR count). The van der Waals surface area contributed by atoms with Crippen LogP contribution in [0.4, 0.5) is 0 Å². The molecule has 2 heterocycles. The van der Waals surface area contributed by atoms with Gasteiger partial charge >= 0.3 is 0 Å². The molecule has 0 saturated heterocycles. The van der Waals surface area contributed by atoms with Crippen LogP contribution in [0.3, 0.4) is 0 Å². The fourth-order valence-corrected chi connectivity index (χ4v) is 2.86. The maximum Gasteiger partial charge on any atom is 0.269 e. The van der Waals surface area contributed by atoms with E-state index in [1.165, 1.54) is 10.9 Å². The maximum absolute atomic E-state index is 11.7. The number of hydrogen-bond donors (Lipinski definition) is 2. The lowest BCUT2D eigenvalue weighted by Gasteiger charge is -2.05. The van der Waals surface area contributed by atoms with Gasteiger partial charge in [0.05, 0.1) is 18.7 Å². The Hall–Kier alpha value is -2.59. The number of fused-ring (bicyclic) bond motifs is 3. The number of carbonyl (C=O) groups excluding carboxylic acids is 1. The molecule has 1 aromatic carbocycles. The molecular formula is C13H13N5O4S. The lowest BCUT2D eigenvalue weighted by molar-refractivity contribution is 0.0996. The predicted molar refractivity (Wildman–Crippen MR) is 81.5 cm³/mol. The first kappa shape index (κ1) is 15.3. The summed E-state index contributed by atoms with van der Waals surface area (Å²) in [5.41, 5.74) is 6.12. The van der Waals surface area contributed by atoms with Crippen molar-refractivity contribution in [1.29, 1.82) is 0 Å². The summed E-state index contributed by atoms with van der Waals surface area (Å²) in [5.74, 6) is -0.719. The molecular weight excluding hydrogens is 322 g/mol. The van der Waals surface area contributed by atoms with Crippen LogP contribution in [0.15, 0.2) is 23.5 Å². The first-order valence-corrected chi connectivity index (χ1v) is 8.49. The Bertz CT molecular complexity index is 1040. The molecule has 0 aliphatic rings. The first-order valence-electron chi connectivity index (χ1n) is 6.60. The normalized spacial score (nSPS) is 12.1. The molecule has 0 fully saturated rings. The van der Waals surface area contributed by atoms with Crippen LogP contribution in [-0.4, -0.2) is 52.0 Å². The van der Waals surface area contributed by atoms with Crippen LogP contribution < -0.4 is 5.73 Å². The van der Waals surface area contributed by atoms with Gasteiger partial charge in [-0.2, -0.15) is 5.10 Å². The summed E-state index contributed by atoms with van der Waals surface area (Å²) >= 11 is 0. The van der Waals surface area contributed by atoms with Crippen molar-refractivity contribution in [1.82, 2.24) is 19.7 Å². The van der Waals surface area contributed by atoms with E-state index in [0.29, 0.717) is 21.8 Å². The summed E-state index contributed by atoms with van der Waals surface area (Å²) < 4.78 is 24.7. The van der Waals surface area contributed by atoms with Gasteiger partial charge in [0.1, 0.15) is 5.52 Å². The van der Waals surface area contributed by atoms with E-state index in [1.54, 1.807) is 12.1 Å². The molecule has 1 amide bonds. The molecule has 9 nitrogen and oxygen atoms in total. The van der Waals surface area contributed by atoms with Crippen LogP contribution in [0.25, 0.3) is 21.8 Å². The molecule has 0 spiro atoms. The van der Waals surface area contributed by atoms with E-state index >= 15 is 0 Å². The number of aromatic nitrogens is 4. The Morgan fingerprint density at radius 3 is 2.74 bits per heavy atom. The Labute approximate surface area is 130 Å². The third-order valence-corrected chi connectivity index (χ3v) is 4.17. The van der Waals surface area contributed by atoms with E-state index in [9.17, 15) is 18.3 Å². The average Bonchev–Trinajstić information content (AvgIpc) is 2.85. The molecule has 0 atom stereocenters. The molecule has 0 aliphatic carbocycles. The molecule has 3 aromatic rings. The highest BCUT2D eigenvalue weighted by molar-refractivity contribution is 7.90. The number of sulfone groups is 1. The van der Waals surface area contributed by atoms with Crippen molar-refractivity contribution in [2.45, 2.75) is 11.7 Å². The largest absolute Gasteiger partial charge is 0.394 e. The number of primary amides is 1. The van der Waals surface area contributed by atoms with Crippen molar-refractivity contribution in [3.05, 3.63) is 24.0 Å². The molecule has 0 aliphatic heterocycles. The number of rotatable bonds is 4. The number of aliphatic hydroxyl groups excluding tert-OH is 1. The van der Waals surface area contributed by atoms with E-state index < -0.39 is 15.7 Å². The second-order valence-electron chi connectivity index (χ2n) is 4.98. The predicted octanol–water partition coefficient (Wildman–Crippen LogP) is -0.526. The van der Waals surface area contributed by atoms with E-state index in [-0.39, 0.29) is 24.0 Å². The standard InChI is InChI=1S/C13H13N5O4S/c1-23(21,22)13-15-6-7-2-3-8-10(12(14)20)17-18(4-5-19)11(8)9(7)16-13/h2-3,6,19H,4-5H2,1H3,(H2,14,20). The molecule has 0 unspecified atom stereocenters. The van der Waals surface area contributed by atoms with Crippen molar-refractivity contribution in [2.75, 3.05) is 12.9 Å². The SMILES string of the molecule is CS(=O)(=O)c1ncc2ccc3c(C(N)=O)nn(CCO)c3c2n1. The third kappa shape index (κ3) is 2.51. The second-order valence-corrected chi connectivity index (χ2v) is 6.89. The Kier molecular flexibility index (Phi) is 3.49. The molecule has 23 heavy (non-hydrogen) atoms. The molecule has 3 N–H and O–H groups in total. The zero-order valence-electron chi connectivity index (χ0n) is 12.1. The maximum atomic E-state index is 11.7. The first-order chi connectivity index (χ1) is 10.8. The lowest BCUT2D eigenvalue weighted by atomic mass is 10.1. The minimum absolute atomic E-state index is 0.0369. The number of amides is 1. The van der Waals surface area contributed by atoms with E-state index in [4.69, 9.17) is 5.73 Å². The van der Waals surface area contributed by atoms with Gasteiger partial charge in [0, 0.05) is 23.2 Å². The van der Waals surface area contributed by atoms with Gasteiger partial charge in [-0.1, -0.05) is 6.07 Å². The zero-order chi connectivity index (χ0) is 16.8. The summed E-state index contributed by atoms with van der Waals surface area (Å²) in [6, 6.07) is 3.29. The van der Waals surface area contributed by atoms with Crippen molar-refractivity contribution >= 4 is 37.6 Å². The van der Waals surface area contributed by atoms with Crippen molar-refractivity contribution in [3.63, 3.8) is 0 Å². The highest BCUT2D eigenvalue weighted by Gasteiger charge is 2.19. The van der Waals surface area contributed by atoms with E-state index in [0.717, 1.165) is 6.26 Å². The fraction of sp³-hybridized carbons (Fsp3) is 0.231. The number of nitrogens with zero attached hydrogens (tertiary/aromatic N) is 4. The van der Waals surface area contributed by atoms with Gasteiger partial charge in [0.2, 0.25) is 15.0 Å². The van der Waals surface area contributed by atoms with Crippen molar-refractivity contribution < 1.29 is 18.3 Å². The molecule has 0 saturated carbocycles. The Morgan fingerprint density at radius 2 is 2.13 bits per heavy atom. The monoisotopic (exact) mass is 335 g/mol. The van der Waals surface area contributed by atoms with Gasteiger partial charge in [-0.3, -0.25) is 9.48 Å². The molecule has 0 radical (unpaired) electrons. The topological polar surface area (TPSA) is 141 Å². The molecule has 120 valence electrons. The highest BCUT2D eigenvalue weighted by atomic mass is 32.2. The average molecular weight is 335 g/mol. The summed E-state index contributed by atoms with van der Waals surface area (Å²) in [6.07, 6.45) is 2.40. The zero-order valence-corrected chi connectivity index (χ0v) is 12.9. The minimum Gasteiger partial charge on any atom is -0.394 e. The number of carbonyl (C=O) groups is 1. The van der Waals surface area contributed by atoms with Crippen LogP contribution in [0.2, 0.25) is 0 Å². The summed E-state index contributed by atoms with van der Waals surface area (Å²) in [5, 5.41) is 14.0. The smallest absolute Gasteiger partial charge is 0.269 e. The van der Waals surface area contributed by atoms with Gasteiger partial charge in [-0.05, 0) is 6.07 Å². The van der Waals surface area contributed by atoms with Crippen molar-refractivity contribution in [3.8, 4) is 0 Å². The number of hydrogen-bond acceptors (Lipinski definition) is 7. The number of benzene rings is 1. The fourth-order valence-electron chi connectivity index (χ4n) is 2.36. The summed E-state index contributed by atoms with van der Waals surface area (Å²) in [4.78, 5) is 19.5. The van der Waals surface area contributed by atoms with E-state index in [2.05, 4.69) is 15.1 Å². The van der Waals surface area contributed by atoms with Gasteiger partial charge in [0.15, 0.2) is 5.69 Å². The molecule has 2 aromatic heterocycles. The third-order valence-electron chi connectivity index (χ3n) is 3.31. The summed E-state index contributed by atoms with van der Waals surface area (Å²) in [6.45, 7) is -0.101. The van der Waals surface area contributed by atoms with Gasteiger partial charge < -0.3 is 10.8 Å². The van der Waals surface area contributed by atoms with Gasteiger partial charge in [0.25, 0.3) is 5.91 Å². The Morgan fingerprint density at radius 1 is 1.39 bits per heavy atom. The lowest BCUT2D eigenvalue weighted by Crippen LogP contribution is -2.13. The van der Waals surface area contributed by atoms with Gasteiger partial charge in [-0.25, -0.2) is 18.4 Å². The molecule has 0 bridgehead atoms. The van der Waals surface area contributed by atoms with Crippen LogP contribution in [0, 0.1) is 0 Å². The summed E-state index contributed by atoms with van der Waals surface area (Å²) in [7, 11) is -3.59. The van der Waals surface area contributed by atoms with Crippen LogP contribution >= 0.6 is 0 Å². The highest BCUT2D eigenvalue weighted by Crippen LogP contribution is 2.26. The van der Waals surface area contributed by atoms with E-state index in [1.807, 2.05) is 0 Å². The minimum atomic E-state index is -3.59. The van der Waals surface area contributed by atoms with Crippen molar-refractivity contribution in [2.24, 2.45) is 5.73 Å². The number of aliphatic hydroxyl groups is 1.